The number of urea groups is 1. The summed E-state index contributed by atoms with van der Waals surface area (Å²) in [5.74, 6) is -1.45. The third kappa shape index (κ3) is 4.02. The lowest BCUT2D eigenvalue weighted by Crippen LogP contribution is -2.34. The molecule has 108 valence electrons. The van der Waals surface area contributed by atoms with Crippen LogP contribution >= 0.6 is 11.3 Å². The monoisotopic (exact) mass is 297 g/mol. The Morgan fingerprint density at radius 2 is 2.05 bits per heavy atom. The third-order valence-electron chi connectivity index (χ3n) is 2.86. The highest BCUT2D eigenvalue weighted by Gasteiger charge is 2.18. The Morgan fingerprint density at radius 1 is 1.25 bits per heavy atom. The Morgan fingerprint density at radius 3 is 2.75 bits per heavy atom. The molecule has 1 aromatic heterocycles. The zero-order chi connectivity index (χ0) is 14.5. The van der Waals surface area contributed by atoms with E-state index in [1.807, 2.05) is 0 Å². The molecule has 0 aromatic carbocycles. The summed E-state index contributed by atoms with van der Waals surface area (Å²) >= 11 is 1.43. The van der Waals surface area contributed by atoms with Gasteiger partial charge in [0.05, 0.1) is 5.69 Å². The number of aliphatic carboxylic acids is 1. The predicted octanol–water partition coefficient (Wildman–Crippen LogP) is 1.53. The van der Waals surface area contributed by atoms with Gasteiger partial charge in [0.2, 0.25) is 5.91 Å². The summed E-state index contributed by atoms with van der Waals surface area (Å²) in [5.41, 5.74) is 1.03. The van der Waals surface area contributed by atoms with Crippen LogP contribution in [-0.4, -0.2) is 28.0 Å². The summed E-state index contributed by atoms with van der Waals surface area (Å²) in [5, 5.41) is 13.6. The normalized spacial score (nSPS) is 12.8. The number of hydrogen-bond acceptors (Lipinski definition) is 5. The van der Waals surface area contributed by atoms with Crippen molar-refractivity contribution in [3.63, 3.8) is 0 Å². The van der Waals surface area contributed by atoms with Gasteiger partial charge in [0.25, 0.3) is 0 Å². The maximum Gasteiger partial charge on any atom is 0.327 e. The van der Waals surface area contributed by atoms with Crippen LogP contribution < -0.4 is 10.6 Å². The van der Waals surface area contributed by atoms with Crippen LogP contribution in [0.3, 0.4) is 0 Å². The van der Waals surface area contributed by atoms with Crippen molar-refractivity contribution in [1.82, 2.24) is 10.3 Å². The SMILES string of the molecule is O=C(O)CCCC(=O)NC(=O)Nc1nc2c(s1)CCC2. The Balaban J connectivity index is 1.74. The van der Waals surface area contributed by atoms with Crippen molar-refractivity contribution < 1.29 is 19.5 Å². The van der Waals surface area contributed by atoms with Gasteiger partial charge < -0.3 is 5.11 Å². The summed E-state index contributed by atoms with van der Waals surface area (Å²) in [7, 11) is 0. The van der Waals surface area contributed by atoms with E-state index < -0.39 is 17.9 Å². The van der Waals surface area contributed by atoms with Crippen LogP contribution in [-0.2, 0) is 22.4 Å². The number of nitrogens with one attached hydrogen (secondary N) is 2. The van der Waals surface area contributed by atoms with Gasteiger partial charge in [-0.1, -0.05) is 0 Å². The van der Waals surface area contributed by atoms with Crippen molar-refractivity contribution in [3.8, 4) is 0 Å². The van der Waals surface area contributed by atoms with Crippen molar-refractivity contribution in [2.24, 2.45) is 0 Å². The van der Waals surface area contributed by atoms with Crippen LogP contribution in [0.15, 0.2) is 0 Å². The van der Waals surface area contributed by atoms with Crippen molar-refractivity contribution in [3.05, 3.63) is 10.6 Å². The summed E-state index contributed by atoms with van der Waals surface area (Å²) in [6.07, 6.45) is 3.15. The summed E-state index contributed by atoms with van der Waals surface area (Å²) in [4.78, 5) is 38.7. The van der Waals surface area contributed by atoms with E-state index in [0.29, 0.717) is 5.13 Å². The minimum absolute atomic E-state index is 0.00802. The van der Waals surface area contributed by atoms with Gasteiger partial charge in [-0.25, -0.2) is 9.78 Å². The lowest BCUT2D eigenvalue weighted by atomic mass is 10.2. The molecule has 0 spiro atoms. The zero-order valence-corrected chi connectivity index (χ0v) is 11.6. The number of anilines is 1. The van der Waals surface area contributed by atoms with Gasteiger partial charge in [-0.15, -0.1) is 11.3 Å². The zero-order valence-electron chi connectivity index (χ0n) is 10.8. The molecule has 0 fully saturated rings. The van der Waals surface area contributed by atoms with E-state index in [2.05, 4.69) is 15.6 Å². The highest BCUT2D eigenvalue weighted by molar-refractivity contribution is 7.15. The van der Waals surface area contributed by atoms with Crippen LogP contribution in [0.2, 0.25) is 0 Å². The molecule has 3 amide bonds. The molecule has 1 aromatic rings. The largest absolute Gasteiger partial charge is 0.481 e. The van der Waals surface area contributed by atoms with E-state index in [9.17, 15) is 14.4 Å². The van der Waals surface area contributed by atoms with Crippen LogP contribution in [0.4, 0.5) is 9.93 Å². The maximum absolute atomic E-state index is 11.6. The maximum atomic E-state index is 11.6. The van der Waals surface area contributed by atoms with Crippen LogP contribution in [0, 0.1) is 0 Å². The molecule has 20 heavy (non-hydrogen) atoms. The fourth-order valence-electron chi connectivity index (χ4n) is 1.96. The molecule has 8 heteroatoms. The Hall–Kier alpha value is -1.96. The van der Waals surface area contributed by atoms with Crippen molar-refractivity contribution in [1.29, 1.82) is 0 Å². The second-order valence-corrected chi connectivity index (χ2v) is 5.58. The first-order valence-corrected chi connectivity index (χ1v) is 7.17. The molecule has 2 rings (SSSR count). The Labute approximate surface area is 119 Å². The van der Waals surface area contributed by atoms with Crippen LogP contribution in [0.25, 0.3) is 0 Å². The van der Waals surface area contributed by atoms with E-state index in [1.165, 1.54) is 16.2 Å². The number of aryl methyl sites for hydroxylation is 2. The molecule has 0 bridgehead atoms. The summed E-state index contributed by atoms with van der Waals surface area (Å²) in [6, 6.07) is -0.627. The topological polar surface area (TPSA) is 108 Å². The average Bonchev–Trinajstić information content (AvgIpc) is 2.88. The molecular weight excluding hydrogens is 282 g/mol. The van der Waals surface area contributed by atoms with Gasteiger partial charge in [-0.2, -0.15) is 0 Å². The smallest absolute Gasteiger partial charge is 0.327 e. The van der Waals surface area contributed by atoms with Gasteiger partial charge >= 0.3 is 12.0 Å². The number of rotatable bonds is 5. The first-order valence-electron chi connectivity index (χ1n) is 6.36. The molecule has 0 unspecified atom stereocenters. The number of thiazole rings is 1. The van der Waals surface area contributed by atoms with Gasteiger partial charge in [-0.3, -0.25) is 20.2 Å². The molecule has 0 radical (unpaired) electrons. The molecule has 7 nitrogen and oxygen atoms in total. The van der Waals surface area contributed by atoms with Crippen molar-refractivity contribution in [2.45, 2.75) is 38.5 Å². The number of carbonyl (C=O) groups is 3. The van der Waals surface area contributed by atoms with Gasteiger partial charge in [0.1, 0.15) is 0 Å². The minimum Gasteiger partial charge on any atom is -0.481 e. The highest BCUT2D eigenvalue weighted by Crippen LogP contribution is 2.30. The van der Waals surface area contributed by atoms with Gasteiger partial charge in [0, 0.05) is 17.7 Å². The van der Waals surface area contributed by atoms with Gasteiger partial charge in [-0.05, 0) is 25.7 Å². The first-order chi connectivity index (χ1) is 9.54. The molecule has 1 aliphatic carbocycles. The van der Waals surface area contributed by atoms with Crippen molar-refractivity contribution in [2.75, 3.05) is 5.32 Å². The number of aromatic nitrogens is 1. The van der Waals surface area contributed by atoms with E-state index in [-0.39, 0.29) is 19.3 Å². The molecule has 3 N–H and O–H groups in total. The number of carbonyl (C=O) groups excluding carboxylic acids is 2. The molecule has 0 aliphatic heterocycles. The Bertz CT molecular complexity index is 519. The molecule has 1 aliphatic rings. The number of carboxylic acids is 1. The standard InChI is InChI=1S/C12H15N3O4S/c16-9(5-2-6-10(17)18)14-11(19)15-12-13-7-3-1-4-8(7)20-12/h1-6H2,(H,17,18)(H2,13,14,15,16,19). The van der Waals surface area contributed by atoms with Crippen LogP contribution in [0.1, 0.15) is 36.3 Å². The molecule has 0 atom stereocenters. The minimum atomic E-state index is -0.959. The lowest BCUT2D eigenvalue weighted by Gasteiger charge is -2.03. The molecule has 1 heterocycles. The molecule has 0 saturated heterocycles. The second kappa shape index (κ2) is 6.47. The van der Waals surface area contributed by atoms with Crippen LogP contribution in [0.5, 0.6) is 0 Å². The van der Waals surface area contributed by atoms with Crippen molar-refractivity contribution >= 4 is 34.4 Å². The average molecular weight is 297 g/mol. The third-order valence-corrected chi connectivity index (χ3v) is 3.94. The van der Waals surface area contributed by atoms with E-state index in [0.717, 1.165) is 25.0 Å². The second-order valence-electron chi connectivity index (χ2n) is 4.49. The first kappa shape index (κ1) is 14.4. The summed E-state index contributed by atoms with van der Waals surface area (Å²) in [6.45, 7) is 0. The predicted molar refractivity (Wildman–Crippen MR) is 72.8 cm³/mol. The quantitative estimate of drug-likeness (QED) is 0.764. The van der Waals surface area contributed by atoms with Gasteiger partial charge in [0.15, 0.2) is 5.13 Å². The summed E-state index contributed by atoms with van der Waals surface area (Å²) < 4.78 is 0. The fraction of sp³-hybridized carbons (Fsp3) is 0.500. The number of fused-ring (bicyclic) bond motifs is 1. The fourth-order valence-corrected chi connectivity index (χ4v) is 3.01. The lowest BCUT2D eigenvalue weighted by molar-refractivity contribution is -0.137. The highest BCUT2D eigenvalue weighted by atomic mass is 32.1. The number of amides is 3. The number of carboxylic acid groups (broad SMARTS) is 1. The molecule has 0 saturated carbocycles. The number of hydrogen-bond donors (Lipinski definition) is 3. The van der Waals surface area contributed by atoms with E-state index in [1.54, 1.807) is 0 Å². The number of imide groups is 1. The van der Waals surface area contributed by atoms with E-state index in [4.69, 9.17) is 5.11 Å². The van der Waals surface area contributed by atoms with E-state index >= 15 is 0 Å². The number of nitrogens with zero attached hydrogens (tertiary/aromatic N) is 1. The molecular formula is C12H15N3O4S. The Kier molecular flexibility index (Phi) is 4.67.